The number of carbonyl (C=O) groups excluding carboxylic acids is 1. The Kier molecular flexibility index (Phi) is 4.68. The van der Waals surface area contributed by atoms with Crippen LogP contribution in [0.1, 0.15) is 36.1 Å². The van der Waals surface area contributed by atoms with Gasteiger partial charge in [-0.2, -0.15) is 0 Å². The van der Waals surface area contributed by atoms with Gasteiger partial charge in [-0.25, -0.2) is 0 Å². The Morgan fingerprint density at radius 2 is 1.88 bits per heavy atom. The average molecular weight is 369 g/mol. The van der Waals surface area contributed by atoms with Crippen LogP contribution in [0, 0.1) is 0 Å². The lowest BCUT2D eigenvalue weighted by Crippen LogP contribution is -2.41. The van der Waals surface area contributed by atoms with Gasteiger partial charge in [0, 0.05) is 17.6 Å². The van der Waals surface area contributed by atoms with Gasteiger partial charge in [0.2, 0.25) is 5.91 Å². The third kappa shape index (κ3) is 3.14. The molecular weight excluding hydrogens is 348 g/mol. The van der Waals surface area contributed by atoms with E-state index in [1.807, 2.05) is 24.4 Å². The van der Waals surface area contributed by atoms with Crippen molar-refractivity contribution < 1.29 is 4.79 Å². The van der Waals surface area contributed by atoms with Gasteiger partial charge in [-0.15, -0.1) is 22.7 Å². The minimum Gasteiger partial charge on any atom is -0.351 e. The van der Waals surface area contributed by atoms with Gasteiger partial charge in [0.25, 0.3) is 0 Å². The molecule has 128 valence electrons. The second-order valence-electron chi connectivity index (χ2n) is 6.44. The number of hydrogen-bond acceptors (Lipinski definition) is 4. The molecule has 4 rings (SSSR count). The highest BCUT2D eigenvalue weighted by molar-refractivity contribution is 7.13. The summed E-state index contributed by atoms with van der Waals surface area (Å²) < 4.78 is 0. The molecule has 1 amide bonds. The van der Waals surface area contributed by atoms with Gasteiger partial charge in [-0.05, 0) is 47.4 Å². The van der Waals surface area contributed by atoms with Crippen molar-refractivity contribution in [3.63, 3.8) is 0 Å². The second kappa shape index (κ2) is 7.10. The molecule has 1 aliphatic rings. The van der Waals surface area contributed by atoms with Crippen molar-refractivity contribution in [1.29, 1.82) is 0 Å². The van der Waals surface area contributed by atoms with E-state index in [1.54, 1.807) is 22.7 Å². The molecule has 0 saturated heterocycles. The second-order valence-corrected chi connectivity index (χ2v) is 8.33. The van der Waals surface area contributed by atoms with Gasteiger partial charge in [-0.1, -0.05) is 31.0 Å². The molecule has 0 aliphatic heterocycles. The first-order valence-corrected chi connectivity index (χ1v) is 10.4. The highest BCUT2D eigenvalue weighted by Crippen LogP contribution is 2.43. The Bertz CT molecular complexity index is 834. The number of pyridine rings is 1. The predicted molar refractivity (Wildman–Crippen MR) is 104 cm³/mol. The fourth-order valence-electron chi connectivity index (χ4n) is 3.68. The molecule has 0 aromatic carbocycles. The maximum Gasteiger partial charge on any atom is 0.231 e. The molecule has 1 fully saturated rings. The van der Waals surface area contributed by atoms with Gasteiger partial charge in [0.05, 0.1) is 16.0 Å². The van der Waals surface area contributed by atoms with Crippen molar-refractivity contribution in [2.24, 2.45) is 0 Å². The SMILES string of the molecule is O=C(NCc1cccnc1-c1cccs1)C1(c2cccs2)CCCC1. The summed E-state index contributed by atoms with van der Waals surface area (Å²) in [5, 5.41) is 7.33. The monoisotopic (exact) mass is 368 g/mol. The molecule has 3 aromatic rings. The van der Waals surface area contributed by atoms with Crippen molar-refractivity contribution in [3.8, 4) is 10.6 Å². The van der Waals surface area contributed by atoms with Crippen LogP contribution in [-0.4, -0.2) is 10.9 Å². The van der Waals surface area contributed by atoms with E-state index in [9.17, 15) is 4.79 Å². The van der Waals surface area contributed by atoms with E-state index < -0.39 is 0 Å². The summed E-state index contributed by atoms with van der Waals surface area (Å²) in [5.74, 6) is 0.161. The van der Waals surface area contributed by atoms with Crippen molar-refractivity contribution in [3.05, 3.63) is 63.8 Å². The van der Waals surface area contributed by atoms with Crippen molar-refractivity contribution in [1.82, 2.24) is 10.3 Å². The van der Waals surface area contributed by atoms with Gasteiger partial charge in [-0.3, -0.25) is 9.78 Å². The van der Waals surface area contributed by atoms with Crippen LogP contribution in [-0.2, 0) is 16.8 Å². The summed E-state index contributed by atoms with van der Waals surface area (Å²) in [6.45, 7) is 0.521. The van der Waals surface area contributed by atoms with E-state index in [-0.39, 0.29) is 11.3 Å². The molecule has 0 atom stereocenters. The minimum atomic E-state index is -0.334. The van der Waals surface area contributed by atoms with Crippen LogP contribution in [0.3, 0.4) is 0 Å². The third-order valence-electron chi connectivity index (χ3n) is 4.97. The van der Waals surface area contributed by atoms with Crippen molar-refractivity contribution in [2.45, 2.75) is 37.6 Å². The average Bonchev–Trinajstić information content (AvgIpc) is 3.42. The quantitative estimate of drug-likeness (QED) is 0.688. The van der Waals surface area contributed by atoms with Crippen molar-refractivity contribution >= 4 is 28.6 Å². The Labute approximate surface area is 155 Å². The van der Waals surface area contributed by atoms with Crippen LogP contribution < -0.4 is 5.32 Å². The largest absolute Gasteiger partial charge is 0.351 e. The Hall–Kier alpha value is -1.98. The topological polar surface area (TPSA) is 42.0 Å². The molecule has 1 aliphatic carbocycles. The summed E-state index contributed by atoms with van der Waals surface area (Å²) in [4.78, 5) is 20.0. The van der Waals surface area contributed by atoms with E-state index in [0.717, 1.165) is 41.8 Å². The third-order valence-corrected chi connectivity index (χ3v) is 6.92. The molecule has 0 bridgehead atoms. The first-order valence-electron chi connectivity index (χ1n) is 8.60. The number of rotatable bonds is 5. The molecule has 3 heterocycles. The Balaban J connectivity index is 1.55. The van der Waals surface area contributed by atoms with Crippen LogP contribution in [0.5, 0.6) is 0 Å². The summed E-state index contributed by atoms with van der Waals surface area (Å²) in [6.07, 6.45) is 5.95. The molecule has 5 heteroatoms. The summed E-state index contributed by atoms with van der Waals surface area (Å²) in [5.41, 5.74) is 1.70. The van der Waals surface area contributed by atoms with E-state index in [0.29, 0.717) is 6.54 Å². The van der Waals surface area contributed by atoms with E-state index in [1.165, 1.54) is 4.88 Å². The molecule has 3 nitrogen and oxygen atoms in total. The fourth-order valence-corrected chi connectivity index (χ4v) is 5.42. The van der Waals surface area contributed by atoms with Crippen molar-refractivity contribution in [2.75, 3.05) is 0 Å². The smallest absolute Gasteiger partial charge is 0.231 e. The van der Waals surface area contributed by atoms with Gasteiger partial charge in [0.1, 0.15) is 0 Å². The molecule has 25 heavy (non-hydrogen) atoms. The number of aromatic nitrogens is 1. The van der Waals surface area contributed by atoms with Crippen LogP contribution in [0.2, 0.25) is 0 Å². The summed E-state index contributed by atoms with van der Waals surface area (Å²) in [7, 11) is 0. The number of carbonyl (C=O) groups is 1. The van der Waals surface area contributed by atoms with Crippen LogP contribution in [0.4, 0.5) is 0 Å². The number of nitrogens with zero attached hydrogens (tertiary/aromatic N) is 1. The lowest BCUT2D eigenvalue weighted by atomic mass is 9.83. The lowest BCUT2D eigenvalue weighted by molar-refractivity contribution is -0.126. The molecule has 0 unspecified atom stereocenters. The molecule has 0 radical (unpaired) electrons. The maximum atomic E-state index is 13.1. The molecular formula is C20H20N2OS2. The zero-order chi connectivity index (χ0) is 17.1. The van der Waals surface area contributed by atoms with Crippen LogP contribution in [0.15, 0.2) is 53.4 Å². The van der Waals surface area contributed by atoms with Crippen LogP contribution in [0.25, 0.3) is 10.6 Å². The first-order chi connectivity index (χ1) is 12.3. The number of hydrogen-bond donors (Lipinski definition) is 1. The fraction of sp³-hybridized carbons (Fsp3) is 0.300. The molecule has 3 aromatic heterocycles. The minimum absolute atomic E-state index is 0.161. The molecule has 1 saturated carbocycles. The summed E-state index contributed by atoms with van der Waals surface area (Å²) >= 11 is 3.37. The molecule has 0 spiro atoms. The number of amides is 1. The normalized spacial score (nSPS) is 16.0. The Morgan fingerprint density at radius 3 is 2.60 bits per heavy atom. The number of nitrogens with one attached hydrogen (secondary N) is 1. The number of thiophene rings is 2. The first kappa shape index (κ1) is 16.5. The lowest BCUT2D eigenvalue weighted by Gasteiger charge is -2.26. The standard InChI is InChI=1S/C20H20N2OS2/c23-19(20(9-1-2-10-20)17-8-5-13-25-17)22-14-15-6-3-11-21-18(15)16-7-4-12-24-16/h3-8,11-13H,1-2,9-10,14H2,(H,22,23). The molecule has 1 N–H and O–H groups in total. The Morgan fingerprint density at radius 1 is 1.08 bits per heavy atom. The van der Waals surface area contributed by atoms with E-state index >= 15 is 0 Å². The zero-order valence-corrected chi connectivity index (χ0v) is 15.5. The van der Waals surface area contributed by atoms with Gasteiger partial charge in [0.15, 0.2) is 0 Å². The predicted octanol–water partition coefficient (Wildman–Crippen LogP) is 5.00. The van der Waals surface area contributed by atoms with Gasteiger partial charge < -0.3 is 5.32 Å². The zero-order valence-electron chi connectivity index (χ0n) is 13.9. The van der Waals surface area contributed by atoms with Crippen LogP contribution >= 0.6 is 22.7 Å². The van der Waals surface area contributed by atoms with E-state index in [4.69, 9.17) is 0 Å². The highest BCUT2D eigenvalue weighted by Gasteiger charge is 2.43. The van der Waals surface area contributed by atoms with E-state index in [2.05, 4.69) is 39.3 Å². The highest BCUT2D eigenvalue weighted by atomic mass is 32.1. The maximum absolute atomic E-state index is 13.1. The van der Waals surface area contributed by atoms with Gasteiger partial charge >= 0.3 is 0 Å². The summed E-state index contributed by atoms with van der Waals surface area (Å²) in [6, 6.07) is 12.2.